The van der Waals surface area contributed by atoms with E-state index in [9.17, 15) is 9.59 Å². The number of hydrogen-bond acceptors (Lipinski definition) is 5. The topological polar surface area (TPSA) is 85.2 Å². The number of aromatic nitrogens is 2. The molecule has 7 nitrogen and oxygen atoms in total. The first-order valence-electron chi connectivity index (χ1n) is 6.16. The molecule has 0 bridgehead atoms. The number of ether oxygens (including phenoxy) is 1. The van der Waals surface area contributed by atoms with Gasteiger partial charge in [-0.05, 0) is 13.8 Å². The van der Waals surface area contributed by atoms with Crippen LogP contribution in [0.1, 0.15) is 13.8 Å². The molecule has 0 aliphatic heterocycles. The smallest absolute Gasteiger partial charge is 0.269 e. The van der Waals surface area contributed by atoms with Crippen LogP contribution in [0.2, 0.25) is 0 Å². The number of nitrogens with one attached hydrogen (secondary N) is 2. The van der Waals surface area contributed by atoms with E-state index in [-0.39, 0.29) is 24.1 Å². The molecule has 1 amide bonds. The lowest BCUT2D eigenvalue weighted by molar-refractivity contribution is -0.122. The third-order valence-electron chi connectivity index (χ3n) is 2.37. The Morgan fingerprint density at radius 1 is 1.58 bits per heavy atom. The van der Waals surface area contributed by atoms with Gasteiger partial charge in [-0.1, -0.05) is 0 Å². The second-order valence-corrected chi connectivity index (χ2v) is 4.19. The molecule has 0 fully saturated rings. The number of rotatable bonds is 7. The van der Waals surface area contributed by atoms with Crippen LogP contribution in [0.25, 0.3) is 0 Å². The van der Waals surface area contributed by atoms with Gasteiger partial charge in [0.1, 0.15) is 6.54 Å². The molecule has 0 aliphatic carbocycles. The normalized spacial score (nSPS) is 11.9. The van der Waals surface area contributed by atoms with E-state index >= 15 is 0 Å². The maximum Gasteiger partial charge on any atom is 0.269 e. The number of carbonyl (C=O) groups is 1. The molecular formula is C12H20N4O3. The van der Waals surface area contributed by atoms with E-state index in [1.807, 2.05) is 13.8 Å². The van der Waals surface area contributed by atoms with E-state index in [0.717, 1.165) is 4.68 Å². The van der Waals surface area contributed by atoms with Crippen LogP contribution in [0.3, 0.4) is 0 Å². The highest BCUT2D eigenvalue weighted by Gasteiger charge is 2.09. The van der Waals surface area contributed by atoms with Crippen molar-refractivity contribution in [2.75, 3.05) is 25.6 Å². The molecule has 1 atom stereocenters. The molecule has 0 radical (unpaired) electrons. The molecule has 19 heavy (non-hydrogen) atoms. The van der Waals surface area contributed by atoms with Gasteiger partial charge in [-0.15, -0.1) is 0 Å². The van der Waals surface area contributed by atoms with Crippen LogP contribution in [0, 0.1) is 0 Å². The summed E-state index contributed by atoms with van der Waals surface area (Å²) < 4.78 is 6.03. The number of carbonyl (C=O) groups excluding carboxylic acids is 1. The van der Waals surface area contributed by atoms with Crippen molar-refractivity contribution in [1.82, 2.24) is 15.1 Å². The van der Waals surface area contributed by atoms with E-state index < -0.39 is 0 Å². The SMILES string of the molecule is CCNc1cnn(CC(=O)NC(C)COC)c(=O)c1. The number of nitrogens with zero attached hydrogens (tertiary/aromatic N) is 2. The van der Waals surface area contributed by atoms with E-state index in [2.05, 4.69) is 15.7 Å². The van der Waals surface area contributed by atoms with Crippen LogP contribution < -0.4 is 16.2 Å². The Kier molecular flexibility index (Phi) is 6.01. The van der Waals surface area contributed by atoms with Gasteiger partial charge in [0, 0.05) is 25.8 Å². The van der Waals surface area contributed by atoms with Gasteiger partial charge in [-0.3, -0.25) is 9.59 Å². The number of anilines is 1. The van der Waals surface area contributed by atoms with Crippen LogP contribution in [0.5, 0.6) is 0 Å². The lowest BCUT2D eigenvalue weighted by atomic mass is 10.3. The highest BCUT2D eigenvalue weighted by molar-refractivity contribution is 5.75. The number of hydrogen-bond donors (Lipinski definition) is 2. The Bertz CT molecular complexity index is 472. The fraction of sp³-hybridized carbons (Fsp3) is 0.583. The quantitative estimate of drug-likeness (QED) is 0.717. The Morgan fingerprint density at radius 2 is 2.32 bits per heavy atom. The minimum atomic E-state index is -0.312. The summed E-state index contributed by atoms with van der Waals surface area (Å²) in [5.41, 5.74) is 0.338. The molecule has 7 heteroatoms. The predicted octanol–water partition coefficient (Wildman–Crippen LogP) is -0.174. The van der Waals surface area contributed by atoms with Crippen molar-refractivity contribution >= 4 is 11.6 Å². The predicted molar refractivity (Wildman–Crippen MR) is 72.1 cm³/mol. The molecule has 1 heterocycles. The second-order valence-electron chi connectivity index (χ2n) is 4.19. The highest BCUT2D eigenvalue weighted by Crippen LogP contribution is 1.98. The van der Waals surface area contributed by atoms with Gasteiger partial charge in [0.25, 0.3) is 5.56 Å². The number of amides is 1. The summed E-state index contributed by atoms with van der Waals surface area (Å²) in [4.78, 5) is 23.4. The average Bonchev–Trinajstić information content (AvgIpc) is 2.33. The molecule has 1 unspecified atom stereocenters. The van der Waals surface area contributed by atoms with Gasteiger partial charge in [0.15, 0.2) is 0 Å². The van der Waals surface area contributed by atoms with Crippen molar-refractivity contribution in [2.24, 2.45) is 0 Å². The maximum atomic E-state index is 11.7. The molecular weight excluding hydrogens is 248 g/mol. The van der Waals surface area contributed by atoms with E-state index in [4.69, 9.17) is 4.74 Å². The first-order valence-corrected chi connectivity index (χ1v) is 6.16. The molecule has 106 valence electrons. The lowest BCUT2D eigenvalue weighted by Crippen LogP contribution is -2.40. The molecule has 1 aromatic heterocycles. The molecule has 1 rings (SSSR count). The van der Waals surface area contributed by atoms with Crippen LogP contribution >= 0.6 is 0 Å². The van der Waals surface area contributed by atoms with Gasteiger partial charge in [-0.2, -0.15) is 5.10 Å². The van der Waals surface area contributed by atoms with E-state index in [1.165, 1.54) is 12.3 Å². The number of methoxy groups -OCH3 is 1. The Morgan fingerprint density at radius 3 is 2.89 bits per heavy atom. The summed E-state index contributed by atoms with van der Waals surface area (Å²) in [5, 5.41) is 9.64. The van der Waals surface area contributed by atoms with Gasteiger partial charge in [0.2, 0.25) is 5.91 Å². The molecule has 0 aliphatic rings. The molecule has 0 saturated heterocycles. The molecule has 0 aromatic carbocycles. The second kappa shape index (κ2) is 7.52. The summed E-state index contributed by atoms with van der Waals surface area (Å²) >= 11 is 0. The largest absolute Gasteiger partial charge is 0.384 e. The first kappa shape index (κ1) is 15.2. The van der Waals surface area contributed by atoms with Crippen molar-refractivity contribution < 1.29 is 9.53 Å². The maximum absolute atomic E-state index is 11.7. The minimum absolute atomic E-state index is 0.0979. The summed E-state index contributed by atoms with van der Waals surface area (Å²) in [6.07, 6.45) is 1.52. The zero-order chi connectivity index (χ0) is 14.3. The van der Waals surface area contributed by atoms with Crippen LogP contribution in [0.4, 0.5) is 5.69 Å². The van der Waals surface area contributed by atoms with Crippen molar-refractivity contribution in [2.45, 2.75) is 26.4 Å². The summed E-state index contributed by atoms with van der Waals surface area (Å²) in [6, 6.07) is 1.32. The minimum Gasteiger partial charge on any atom is -0.384 e. The molecule has 0 saturated carbocycles. The fourth-order valence-corrected chi connectivity index (χ4v) is 1.60. The van der Waals surface area contributed by atoms with Crippen LogP contribution in [0.15, 0.2) is 17.1 Å². The van der Waals surface area contributed by atoms with Gasteiger partial charge in [-0.25, -0.2) is 4.68 Å². The van der Waals surface area contributed by atoms with Crippen molar-refractivity contribution in [1.29, 1.82) is 0 Å². The molecule has 1 aromatic rings. The van der Waals surface area contributed by atoms with Gasteiger partial charge < -0.3 is 15.4 Å². The van der Waals surface area contributed by atoms with Gasteiger partial charge in [0.05, 0.1) is 18.5 Å². The fourth-order valence-electron chi connectivity index (χ4n) is 1.60. The monoisotopic (exact) mass is 268 g/mol. The Balaban J connectivity index is 2.62. The van der Waals surface area contributed by atoms with Gasteiger partial charge >= 0.3 is 0 Å². The Labute approximate surface area is 112 Å². The standard InChI is InChI=1S/C12H20N4O3/c1-4-13-10-5-12(18)16(14-6-10)7-11(17)15-9(2)8-19-3/h5-6,9,13H,4,7-8H2,1-3H3,(H,15,17). The third kappa shape index (κ3) is 5.09. The van der Waals surface area contributed by atoms with E-state index in [1.54, 1.807) is 7.11 Å². The zero-order valence-electron chi connectivity index (χ0n) is 11.5. The summed E-state index contributed by atoms with van der Waals surface area (Å²) in [6.45, 7) is 4.79. The summed E-state index contributed by atoms with van der Waals surface area (Å²) in [7, 11) is 1.56. The zero-order valence-corrected chi connectivity index (χ0v) is 11.5. The summed E-state index contributed by atoms with van der Waals surface area (Å²) in [5.74, 6) is -0.268. The molecule has 2 N–H and O–H groups in total. The highest BCUT2D eigenvalue weighted by atomic mass is 16.5. The molecule has 0 spiro atoms. The van der Waals surface area contributed by atoms with E-state index in [0.29, 0.717) is 18.8 Å². The average molecular weight is 268 g/mol. The van der Waals surface area contributed by atoms with Crippen molar-refractivity contribution in [3.05, 3.63) is 22.6 Å². The lowest BCUT2D eigenvalue weighted by Gasteiger charge is -2.13. The van der Waals surface area contributed by atoms with Crippen LogP contribution in [-0.2, 0) is 16.1 Å². The van der Waals surface area contributed by atoms with Crippen molar-refractivity contribution in [3.63, 3.8) is 0 Å². The van der Waals surface area contributed by atoms with Crippen LogP contribution in [-0.4, -0.2) is 42.0 Å². The third-order valence-corrected chi connectivity index (χ3v) is 2.37. The van der Waals surface area contributed by atoms with Crippen molar-refractivity contribution in [3.8, 4) is 0 Å². The first-order chi connectivity index (χ1) is 9.06. The Hall–Kier alpha value is -1.89.